The number of nitro benzene ring substituents is 1. The Morgan fingerprint density at radius 2 is 1.23 bits per heavy atom. The van der Waals surface area contributed by atoms with Crippen LogP contribution in [0.5, 0.6) is 0 Å². The Morgan fingerprint density at radius 3 is 1.80 bits per heavy atom. The van der Waals surface area contributed by atoms with Gasteiger partial charge in [-0.3, -0.25) is 19.6 Å². The van der Waals surface area contributed by atoms with Crippen molar-refractivity contribution < 1.29 is 21.8 Å². The van der Waals surface area contributed by atoms with E-state index >= 15 is 0 Å². The number of para-hydroxylation sites is 1. The summed E-state index contributed by atoms with van der Waals surface area (Å²) in [5.41, 5.74) is -0.155. The van der Waals surface area contributed by atoms with Gasteiger partial charge >= 0.3 is 0 Å². The van der Waals surface area contributed by atoms with Crippen molar-refractivity contribution in [1.29, 1.82) is 0 Å². The number of rotatable bonds is 7. The fraction of sp³-hybridized carbons (Fsp3) is 0. The van der Waals surface area contributed by atoms with Crippen LogP contribution in [0.2, 0.25) is 0 Å². The van der Waals surface area contributed by atoms with E-state index in [-0.39, 0.29) is 10.6 Å². The van der Waals surface area contributed by atoms with Crippen molar-refractivity contribution in [1.82, 2.24) is 0 Å². The van der Waals surface area contributed by atoms with E-state index in [1.165, 1.54) is 36.4 Å². The zero-order valence-corrected chi connectivity index (χ0v) is 18.2. The van der Waals surface area contributed by atoms with Crippen molar-refractivity contribution in [2.45, 2.75) is 9.79 Å². The molecule has 0 aliphatic carbocycles. The molecule has 3 aromatic carbocycles. The third-order valence-electron chi connectivity index (χ3n) is 3.86. The lowest BCUT2D eigenvalue weighted by molar-refractivity contribution is -0.387. The molecule has 0 aliphatic heterocycles. The van der Waals surface area contributed by atoms with Crippen LogP contribution < -0.4 is 9.44 Å². The molecule has 0 aromatic heterocycles. The predicted octanol–water partition coefficient (Wildman–Crippen LogP) is 3.96. The van der Waals surface area contributed by atoms with E-state index < -0.39 is 35.6 Å². The Labute approximate surface area is 181 Å². The van der Waals surface area contributed by atoms with Gasteiger partial charge in [0.15, 0.2) is 4.90 Å². The molecule has 0 saturated carbocycles. The lowest BCUT2D eigenvalue weighted by Crippen LogP contribution is -2.15. The monoisotopic (exact) mass is 511 g/mol. The summed E-state index contributed by atoms with van der Waals surface area (Å²) in [6.07, 6.45) is 0. The average molecular weight is 512 g/mol. The molecule has 0 unspecified atom stereocenters. The lowest BCUT2D eigenvalue weighted by atomic mass is 10.3. The molecule has 3 rings (SSSR count). The molecule has 0 bridgehead atoms. The fourth-order valence-corrected chi connectivity index (χ4v) is 5.03. The number of halogens is 1. The Balaban J connectivity index is 1.82. The van der Waals surface area contributed by atoms with Crippen molar-refractivity contribution in [3.05, 3.63) is 87.4 Å². The minimum Gasteiger partial charge on any atom is -0.280 e. The number of anilines is 2. The van der Waals surface area contributed by atoms with Crippen LogP contribution in [0.15, 0.2) is 87.1 Å². The van der Waals surface area contributed by atoms with Crippen LogP contribution in [0.4, 0.5) is 17.1 Å². The van der Waals surface area contributed by atoms with E-state index in [1.807, 2.05) is 0 Å². The summed E-state index contributed by atoms with van der Waals surface area (Å²) >= 11 is 3.26. The lowest BCUT2D eigenvalue weighted by Gasteiger charge is -2.11. The molecule has 0 heterocycles. The highest BCUT2D eigenvalue weighted by Crippen LogP contribution is 2.26. The van der Waals surface area contributed by atoms with E-state index in [1.54, 1.807) is 24.3 Å². The highest BCUT2D eigenvalue weighted by molar-refractivity contribution is 9.10. The van der Waals surface area contributed by atoms with E-state index in [0.29, 0.717) is 5.69 Å². The number of nitrogens with one attached hydrogen (secondary N) is 2. The highest BCUT2D eigenvalue weighted by atomic mass is 79.9. The van der Waals surface area contributed by atoms with Gasteiger partial charge in [0.1, 0.15) is 0 Å². The maximum Gasteiger partial charge on any atom is 0.289 e. The van der Waals surface area contributed by atoms with Gasteiger partial charge in [0.05, 0.1) is 9.82 Å². The van der Waals surface area contributed by atoms with Crippen LogP contribution in [0.1, 0.15) is 0 Å². The summed E-state index contributed by atoms with van der Waals surface area (Å²) in [6, 6.07) is 16.4. The van der Waals surface area contributed by atoms with Crippen LogP contribution in [0, 0.1) is 10.1 Å². The van der Waals surface area contributed by atoms with E-state index in [4.69, 9.17) is 0 Å². The van der Waals surface area contributed by atoms with Crippen LogP contribution in [-0.4, -0.2) is 21.8 Å². The molecule has 30 heavy (non-hydrogen) atoms. The molecule has 0 atom stereocenters. The topological polar surface area (TPSA) is 135 Å². The quantitative estimate of drug-likeness (QED) is 0.364. The maximum absolute atomic E-state index is 12.5. The Kier molecular flexibility index (Phi) is 6.10. The van der Waals surface area contributed by atoms with Crippen LogP contribution >= 0.6 is 15.9 Å². The van der Waals surface area contributed by atoms with Gasteiger partial charge < -0.3 is 0 Å². The summed E-state index contributed by atoms with van der Waals surface area (Å²) in [5, 5.41) is 11.1. The van der Waals surface area contributed by atoms with Crippen molar-refractivity contribution in [3.63, 3.8) is 0 Å². The first-order valence-corrected chi connectivity index (χ1v) is 12.0. The SMILES string of the molecule is O=[N+]([O-])c1ccccc1S(=O)(=O)Nc1ccc(S(=O)(=O)Nc2ccc(Br)cc2)cc1. The molecule has 0 saturated heterocycles. The minimum absolute atomic E-state index is 0.0516. The second-order valence-electron chi connectivity index (χ2n) is 5.97. The number of hydrogen-bond acceptors (Lipinski definition) is 6. The molecule has 3 aromatic rings. The Bertz CT molecular complexity index is 1290. The smallest absolute Gasteiger partial charge is 0.280 e. The third-order valence-corrected chi connectivity index (χ3v) is 7.22. The molecule has 12 heteroatoms. The van der Waals surface area contributed by atoms with Gasteiger partial charge in [-0.05, 0) is 54.6 Å². The predicted molar refractivity (Wildman–Crippen MR) is 115 cm³/mol. The number of hydrogen-bond donors (Lipinski definition) is 2. The first kappa shape index (κ1) is 21.7. The molecule has 0 radical (unpaired) electrons. The van der Waals surface area contributed by atoms with Crippen LogP contribution in [-0.2, 0) is 20.0 Å². The molecule has 9 nitrogen and oxygen atoms in total. The van der Waals surface area contributed by atoms with Crippen LogP contribution in [0.3, 0.4) is 0 Å². The summed E-state index contributed by atoms with van der Waals surface area (Å²) in [4.78, 5) is 9.71. The first-order valence-electron chi connectivity index (χ1n) is 8.23. The van der Waals surface area contributed by atoms with Crippen LogP contribution in [0.25, 0.3) is 0 Å². The van der Waals surface area contributed by atoms with Gasteiger partial charge in [-0.2, -0.15) is 0 Å². The van der Waals surface area contributed by atoms with Crippen molar-refractivity contribution in [2.75, 3.05) is 9.44 Å². The molecular formula is C18H14BrN3O6S2. The largest absolute Gasteiger partial charge is 0.289 e. The highest BCUT2D eigenvalue weighted by Gasteiger charge is 2.25. The van der Waals surface area contributed by atoms with Gasteiger partial charge in [0.2, 0.25) is 0 Å². The van der Waals surface area contributed by atoms with Gasteiger partial charge in [-0.1, -0.05) is 28.1 Å². The fourth-order valence-electron chi connectivity index (χ4n) is 2.48. The van der Waals surface area contributed by atoms with Crippen molar-refractivity contribution in [3.8, 4) is 0 Å². The van der Waals surface area contributed by atoms with E-state index in [2.05, 4.69) is 25.4 Å². The zero-order chi connectivity index (χ0) is 21.9. The second kappa shape index (κ2) is 8.42. The molecule has 0 spiro atoms. The van der Waals surface area contributed by atoms with Gasteiger partial charge in [0, 0.05) is 21.9 Å². The number of nitrogens with zero attached hydrogens (tertiary/aromatic N) is 1. The number of nitro groups is 1. The van der Waals surface area contributed by atoms with Gasteiger partial charge in [-0.15, -0.1) is 0 Å². The van der Waals surface area contributed by atoms with Gasteiger partial charge in [0.25, 0.3) is 25.7 Å². The molecule has 156 valence electrons. The standard InChI is InChI=1S/C18H14BrN3O6S2/c19-13-5-7-14(8-6-13)20-29(25,26)16-11-9-15(10-12-16)21-30(27,28)18-4-2-1-3-17(18)22(23)24/h1-12,20-21H. The Morgan fingerprint density at radius 1 is 0.733 bits per heavy atom. The summed E-state index contributed by atoms with van der Waals surface area (Å²) in [5.74, 6) is 0. The number of benzene rings is 3. The first-order chi connectivity index (χ1) is 14.1. The molecule has 0 aliphatic rings. The maximum atomic E-state index is 12.5. The minimum atomic E-state index is -4.25. The molecule has 0 fully saturated rings. The molecule has 2 N–H and O–H groups in total. The normalized spacial score (nSPS) is 11.6. The number of sulfonamides is 2. The zero-order valence-electron chi connectivity index (χ0n) is 15.0. The molecule has 0 amide bonds. The van der Waals surface area contributed by atoms with E-state index in [9.17, 15) is 26.9 Å². The van der Waals surface area contributed by atoms with Crippen molar-refractivity contribution in [2.24, 2.45) is 0 Å². The van der Waals surface area contributed by atoms with Crippen molar-refractivity contribution >= 4 is 53.0 Å². The summed E-state index contributed by atoms with van der Waals surface area (Å²) < 4.78 is 55.4. The van der Waals surface area contributed by atoms with E-state index in [0.717, 1.165) is 16.6 Å². The third kappa shape index (κ3) is 4.96. The molecular weight excluding hydrogens is 498 g/mol. The second-order valence-corrected chi connectivity index (χ2v) is 10.2. The summed E-state index contributed by atoms with van der Waals surface area (Å²) in [6.45, 7) is 0. The summed E-state index contributed by atoms with van der Waals surface area (Å²) in [7, 11) is -8.14. The Hall–Kier alpha value is -2.96. The average Bonchev–Trinajstić information content (AvgIpc) is 2.70. The van der Waals surface area contributed by atoms with Gasteiger partial charge in [-0.25, -0.2) is 16.8 Å².